The first kappa shape index (κ1) is 16.2. The molecule has 0 radical (unpaired) electrons. The maximum atomic E-state index is 6.36. The van der Waals surface area contributed by atoms with Crippen molar-refractivity contribution in [3.05, 3.63) is 51.8 Å². The molecule has 2 aromatic rings. The maximum Gasteiger partial charge on any atom is 0.0643 e. The highest BCUT2D eigenvalue weighted by atomic mass is 79.9. The predicted octanol–water partition coefficient (Wildman–Crippen LogP) is 4.56. The third-order valence-corrected chi connectivity index (χ3v) is 4.53. The normalized spacial score (nSPS) is 12.9. The second-order valence-corrected chi connectivity index (χ2v) is 6.48. The van der Waals surface area contributed by atoms with Crippen molar-refractivity contribution in [1.82, 2.24) is 9.78 Å². The van der Waals surface area contributed by atoms with E-state index in [0.29, 0.717) is 6.04 Å². The van der Waals surface area contributed by atoms with Gasteiger partial charge in [-0.15, -0.1) is 0 Å². The average molecular weight is 350 g/mol. The summed E-state index contributed by atoms with van der Waals surface area (Å²) < 4.78 is 3.17. The molecule has 0 aliphatic heterocycles. The van der Waals surface area contributed by atoms with Crippen molar-refractivity contribution in [2.24, 2.45) is 5.73 Å². The van der Waals surface area contributed by atoms with E-state index in [1.165, 1.54) is 11.1 Å². The molecule has 0 saturated heterocycles. The molecule has 0 aliphatic rings. The summed E-state index contributed by atoms with van der Waals surface area (Å²) in [4.78, 5) is 0. The lowest BCUT2D eigenvalue weighted by molar-refractivity contribution is 0.424. The molecule has 1 aromatic carbocycles. The number of aromatic nitrogens is 2. The molecule has 0 fully saturated rings. The van der Waals surface area contributed by atoms with Crippen LogP contribution in [0.2, 0.25) is 0 Å². The molecule has 2 N–H and O–H groups in total. The Morgan fingerprint density at radius 3 is 2.57 bits per heavy atom. The molecule has 0 amide bonds. The summed E-state index contributed by atoms with van der Waals surface area (Å²) in [5.74, 6) is 0. The zero-order chi connectivity index (χ0) is 15.4. The second-order valence-electron chi connectivity index (χ2n) is 5.57. The highest BCUT2D eigenvalue weighted by molar-refractivity contribution is 9.10. The van der Waals surface area contributed by atoms with E-state index in [-0.39, 0.29) is 6.04 Å². The van der Waals surface area contributed by atoms with Gasteiger partial charge in [0.15, 0.2) is 0 Å². The standard InChI is InChI=1S/C17H24BrN3/c1-4-15(5-2)21-9-8-14(20-21)11-17(19)16-7-6-13(18)10-12(16)3/h6-10,15,17H,4-5,11,19H2,1-3H3. The zero-order valence-corrected chi connectivity index (χ0v) is 14.6. The van der Waals surface area contributed by atoms with E-state index in [1.807, 2.05) is 6.07 Å². The third-order valence-electron chi connectivity index (χ3n) is 4.04. The van der Waals surface area contributed by atoms with Gasteiger partial charge in [-0.2, -0.15) is 5.10 Å². The first-order chi connectivity index (χ1) is 10.0. The van der Waals surface area contributed by atoms with Crippen LogP contribution in [-0.2, 0) is 6.42 Å². The van der Waals surface area contributed by atoms with Gasteiger partial charge in [0.2, 0.25) is 0 Å². The van der Waals surface area contributed by atoms with Crippen LogP contribution in [0.15, 0.2) is 34.9 Å². The minimum atomic E-state index is -0.0110. The minimum absolute atomic E-state index is 0.0110. The summed E-state index contributed by atoms with van der Waals surface area (Å²) in [6.45, 7) is 6.50. The van der Waals surface area contributed by atoms with Gasteiger partial charge in [-0.3, -0.25) is 4.68 Å². The number of nitrogens with two attached hydrogens (primary N) is 1. The molecule has 1 unspecified atom stereocenters. The third kappa shape index (κ3) is 3.95. The Hall–Kier alpha value is -1.13. The number of halogens is 1. The van der Waals surface area contributed by atoms with Crippen LogP contribution < -0.4 is 5.73 Å². The molecule has 1 aromatic heterocycles. The molecule has 1 atom stereocenters. The fourth-order valence-electron chi connectivity index (χ4n) is 2.74. The first-order valence-electron chi connectivity index (χ1n) is 7.60. The number of benzene rings is 1. The SMILES string of the molecule is CCC(CC)n1ccc(CC(N)c2ccc(Br)cc2C)n1. The van der Waals surface area contributed by atoms with Crippen molar-refractivity contribution in [3.8, 4) is 0 Å². The van der Waals surface area contributed by atoms with Crippen LogP contribution in [0, 0.1) is 6.92 Å². The average Bonchev–Trinajstić information content (AvgIpc) is 2.88. The van der Waals surface area contributed by atoms with Gasteiger partial charge in [0.05, 0.1) is 11.7 Å². The summed E-state index contributed by atoms with van der Waals surface area (Å²) in [5.41, 5.74) is 9.84. The molecule has 1 heterocycles. The van der Waals surface area contributed by atoms with Crippen molar-refractivity contribution in [1.29, 1.82) is 0 Å². The van der Waals surface area contributed by atoms with E-state index in [1.54, 1.807) is 0 Å². The maximum absolute atomic E-state index is 6.36. The van der Waals surface area contributed by atoms with Gasteiger partial charge in [0.1, 0.15) is 0 Å². The Morgan fingerprint density at radius 2 is 1.95 bits per heavy atom. The number of aryl methyl sites for hydroxylation is 1. The van der Waals surface area contributed by atoms with Gasteiger partial charge >= 0.3 is 0 Å². The fraction of sp³-hybridized carbons (Fsp3) is 0.471. The summed E-state index contributed by atoms with van der Waals surface area (Å²) in [5, 5.41) is 4.69. The Labute approximate surface area is 135 Å². The smallest absolute Gasteiger partial charge is 0.0643 e. The zero-order valence-electron chi connectivity index (χ0n) is 13.0. The van der Waals surface area contributed by atoms with Crippen LogP contribution in [0.4, 0.5) is 0 Å². The van der Waals surface area contributed by atoms with Crippen molar-refractivity contribution in [3.63, 3.8) is 0 Å². The van der Waals surface area contributed by atoms with E-state index in [2.05, 4.69) is 65.8 Å². The van der Waals surface area contributed by atoms with Gasteiger partial charge in [-0.1, -0.05) is 35.8 Å². The van der Waals surface area contributed by atoms with Crippen molar-refractivity contribution in [2.45, 2.75) is 52.1 Å². The molecule has 21 heavy (non-hydrogen) atoms. The van der Waals surface area contributed by atoms with E-state index < -0.39 is 0 Å². The first-order valence-corrected chi connectivity index (χ1v) is 8.40. The van der Waals surface area contributed by atoms with Gasteiger partial charge in [-0.05, 0) is 49.1 Å². The van der Waals surface area contributed by atoms with E-state index in [9.17, 15) is 0 Å². The highest BCUT2D eigenvalue weighted by Gasteiger charge is 2.13. The van der Waals surface area contributed by atoms with Crippen LogP contribution in [0.1, 0.15) is 55.6 Å². The van der Waals surface area contributed by atoms with Gasteiger partial charge in [0.25, 0.3) is 0 Å². The van der Waals surface area contributed by atoms with Crippen LogP contribution in [-0.4, -0.2) is 9.78 Å². The van der Waals surface area contributed by atoms with Gasteiger partial charge in [0, 0.05) is 23.1 Å². The molecule has 114 valence electrons. The molecular formula is C17H24BrN3. The lowest BCUT2D eigenvalue weighted by atomic mass is 9.98. The molecule has 0 aliphatic carbocycles. The lowest BCUT2D eigenvalue weighted by Gasteiger charge is -2.15. The van der Waals surface area contributed by atoms with Gasteiger partial charge < -0.3 is 5.73 Å². The van der Waals surface area contributed by atoms with Crippen LogP contribution in [0.5, 0.6) is 0 Å². The molecular weight excluding hydrogens is 326 g/mol. The Kier molecular flexibility index (Phi) is 5.59. The van der Waals surface area contributed by atoms with Crippen molar-refractivity contribution in [2.75, 3.05) is 0 Å². The molecule has 4 heteroatoms. The van der Waals surface area contributed by atoms with Crippen LogP contribution in [0.25, 0.3) is 0 Å². The number of hydrogen-bond donors (Lipinski definition) is 1. The number of rotatable bonds is 6. The Bertz CT molecular complexity index is 587. The molecule has 0 spiro atoms. The molecule has 2 rings (SSSR count). The van der Waals surface area contributed by atoms with E-state index in [4.69, 9.17) is 10.8 Å². The highest BCUT2D eigenvalue weighted by Crippen LogP contribution is 2.23. The summed E-state index contributed by atoms with van der Waals surface area (Å²) in [6.07, 6.45) is 5.06. The number of hydrogen-bond acceptors (Lipinski definition) is 2. The molecule has 3 nitrogen and oxygen atoms in total. The summed E-state index contributed by atoms with van der Waals surface area (Å²) >= 11 is 3.49. The molecule has 0 bridgehead atoms. The van der Waals surface area contributed by atoms with E-state index >= 15 is 0 Å². The second kappa shape index (κ2) is 7.23. The lowest BCUT2D eigenvalue weighted by Crippen LogP contribution is -2.15. The molecule has 0 saturated carbocycles. The van der Waals surface area contributed by atoms with Crippen molar-refractivity contribution < 1.29 is 0 Å². The fourth-order valence-corrected chi connectivity index (χ4v) is 3.22. The Morgan fingerprint density at radius 1 is 1.24 bits per heavy atom. The Balaban J connectivity index is 2.11. The number of nitrogens with zero attached hydrogens (tertiary/aromatic N) is 2. The summed E-state index contributed by atoms with van der Waals surface area (Å²) in [6, 6.07) is 8.82. The minimum Gasteiger partial charge on any atom is -0.324 e. The summed E-state index contributed by atoms with van der Waals surface area (Å²) in [7, 11) is 0. The topological polar surface area (TPSA) is 43.8 Å². The predicted molar refractivity (Wildman–Crippen MR) is 91.4 cm³/mol. The monoisotopic (exact) mass is 349 g/mol. The van der Waals surface area contributed by atoms with Crippen molar-refractivity contribution >= 4 is 15.9 Å². The van der Waals surface area contributed by atoms with Crippen LogP contribution >= 0.6 is 15.9 Å². The van der Waals surface area contributed by atoms with Gasteiger partial charge in [-0.25, -0.2) is 0 Å². The quantitative estimate of drug-likeness (QED) is 0.830. The van der Waals surface area contributed by atoms with Crippen LogP contribution in [0.3, 0.4) is 0 Å². The van der Waals surface area contributed by atoms with E-state index in [0.717, 1.165) is 29.4 Å². The largest absolute Gasteiger partial charge is 0.324 e.